The predicted octanol–water partition coefficient (Wildman–Crippen LogP) is 3.51. The molecule has 0 saturated carbocycles. The Bertz CT molecular complexity index is 1030. The van der Waals surface area contributed by atoms with Crippen LogP contribution >= 0.6 is 0 Å². The van der Waals surface area contributed by atoms with Crippen molar-refractivity contribution in [3.8, 4) is 5.69 Å². The zero-order valence-corrected chi connectivity index (χ0v) is 14.5. The highest BCUT2D eigenvalue weighted by Crippen LogP contribution is 2.20. The van der Waals surface area contributed by atoms with E-state index in [0.717, 1.165) is 23.4 Å². The molecule has 1 aromatic heterocycles. The van der Waals surface area contributed by atoms with Crippen LogP contribution in [-0.4, -0.2) is 26.1 Å². The summed E-state index contributed by atoms with van der Waals surface area (Å²) in [7, 11) is 0. The summed E-state index contributed by atoms with van der Waals surface area (Å²) in [4.78, 5) is 12.7. The first-order chi connectivity index (χ1) is 13.3. The molecular weight excluding hydrogens is 338 g/mol. The standard InChI is InChI=1S/C21H17N5O/c27-21(17-10-12-19(13-11-17)26-15-22-24-25-26)23-20-9-5-4-8-18(20)14-16-6-2-1-3-7-16/h1-13,15H,14H2,(H,23,27). The number of hydrogen-bond acceptors (Lipinski definition) is 4. The van der Waals surface area contributed by atoms with Gasteiger partial charge >= 0.3 is 0 Å². The van der Waals surface area contributed by atoms with E-state index in [1.807, 2.05) is 42.5 Å². The van der Waals surface area contributed by atoms with Crippen LogP contribution in [0.15, 0.2) is 85.2 Å². The number of nitrogens with one attached hydrogen (secondary N) is 1. The summed E-state index contributed by atoms with van der Waals surface area (Å²) in [6.07, 6.45) is 2.27. The highest BCUT2D eigenvalue weighted by atomic mass is 16.1. The normalized spacial score (nSPS) is 10.5. The molecule has 1 N–H and O–H groups in total. The van der Waals surface area contributed by atoms with Crippen LogP contribution in [0.25, 0.3) is 5.69 Å². The lowest BCUT2D eigenvalue weighted by Crippen LogP contribution is -2.13. The third kappa shape index (κ3) is 3.90. The molecule has 0 spiro atoms. The van der Waals surface area contributed by atoms with Gasteiger partial charge in [0.05, 0.1) is 5.69 Å². The lowest BCUT2D eigenvalue weighted by molar-refractivity contribution is 0.102. The van der Waals surface area contributed by atoms with Crippen LogP contribution in [0.1, 0.15) is 21.5 Å². The summed E-state index contributed by atoms with van der Waals surface area (Å²) in [5.74, 6) is -0.154. The fourth-order valence-electron chi connectivity index (χ4n) is 2.85. The smallest absolute Gasteiger partial charge is 0.255 e. The van der Waals surface area contributed by atoms with Crippen molar-refractivity contribution in [2.45, 2.75) is 6.42 Å². The first-order valence-corrected chi connectivity index (χ1v) is 8.56. The molecule has 1 amide bonds. The molecule has 0 bridgehead atoms. The summed E-state index contributed by atoms with van der Waals surface area (Å²) in [6, 6.07) is 25.2. The van der Waals surface area contributed by atoms with Gasteiger partial charge in [0.15, 0.2) is 0 Å². The number of anilines is 1. The van der Waals surface area contributed by atoms with Crippen molar-refractivity contribution in [1.82, 2.24) is 20.2 Å². The number of rotatable bonds is 5. The Labute approximate surface area is 156 Å². The molecule has 6 heteroatoms. The van der Waals surface area contributed by atoms with Gasteiger partial charge in [-0.15, -0.1) is 5.10 Å². The average molecular weight is 355 g/mol. The minimum atomic E-state index is -0.154. The van der Waals surface area contributed by atoms with Gasteiger partial charge < -0.3 is 5.32 Å². The minimum Gasteiger partial charge on any atom is -0.322 e. The number of hydrogen-bond donors (Lipinski definition) is 1. The number of tetrazole rings is 1. The van der Waals surface area contributed by atoms with Crippen molar-refractivity contribution in [3.05, 3.63) is 102 Å². The SMILES string of the molecule is O=C(Nc1ccccc1Cc1ccccc1)c1ccc(-n2cnnn2)cc1. The van der Waals surface area contributed by atoms with Crippen LogP contribution in [0.5, 0.6) is 0 Å². The molecule has 0 aliphatic heterocycles. The summed E-state index contributed by atoms with van der Waals surface area (Å²) in [5.41, 5.74) is 4.45. The van der Waals surface area contributed by atoms with Gasteiger partial charge in [-0.1, -0.05) is 48.5 Å². The summed E-state index contributed by atoms with van der Waals surface area (Å²) < 4.78 is 1.54. The number of nitrogens with zero attached hydrogens (tertiary/aromatic N) is 4. The van der Waals surface area contributed by atoms with E-state index in [2.05, 4.69) is 33.0 Å². The molecular formula is C21H17N5O. The fraction of sp³-hybridized carbons (Fsp3) is 0.0476. The number of aromatic nitrogens is 4. The number of benzene rings is 3. The van der Waals surface area contributed by atoms with Gasteiger partial charge in [0, 0.05) is 11.3 Å². The van der Waals surface area contributed by atoms with E-state index in [1.165, 1.54) is 16.6 Å². The Morgan fingerprint density at radius 2 is 1.63 bits per heavy atom. The van der Waals surface area contributed by atoms with E-state index >= 15 is 0 Å². The van der Waals surface area contributed by atoms with Gasteiger partial charge in [-0.3, -0.25) is 4.79 Å². The third-order valence-corrected chi connectivity index (χ3v) is 4.25. The van der Waals surface area contributed by atoms with E-state index in [1.54, 1.807) is 24.3 Å². The van der Waals surface area contributed by atoms with Crippen LogP contribution in [-0.2, 0) is 6.42 Å². The zero-order chi connectivity index (χ0) is 18.5. The van der Waals surface area contributed by atoms with Crippen LogP contribution in [0.3, 0.4) is 0 Å². The number of para-hydroxylation sites is 1. The van der Waals surface area contributed by atoms with Crippen molar-refractivity contribution in [2.75, 3.05) is 5.32 Å². The molecule has 132 valence electrons. The molecule has 3 aromatic carbocycles. The predicted molar refractivity (Wildman–Crippen MR) is 103 cm³/mol. The highest BCUT2D eigenvalue weighted by Gasteiger charge is 2.10. The summed E-state index contributed by atoms with van der Waals surface area (Å²) in [5, 5.41) is 14.1. The van der Waals surface area contributed by atoms with Crippen LogP contribution in [0.2, 0.25) is 0 Å². The Morgan fingerprint density at radius 1 is 0.889 bits per heavy atom. The lowest BCUT2D eigenvalue weighted by Gasteiger charge is -2.11. The zero-order valence-electron chi connectivity index (χ0n) is 14.5. The quantitative estimate of drug-likeness (QED) is 0.595. The molecule has 0 unspecified atom stereocenters. The first kappa shape index (κ1) is 16.7. The molecule has 0 radical (unpaired) electrons. The largest absolute Gasteiger partial charge is 0.322 e. The van der Waals surface area contributed by atoms with E-state index < -0.39 is 0 Å². The first-order valence-electron chi connectivity index (χ1n) is 8.56. The van der Waals surface area contributed by atoms with Crippen LogP contribution in [0, 0.1) is 0 Å². The maximum Gasteiger partial charge on any atom is 0.255 e. The highest BCUT2D eigenvalue weighted by molar-refractivity contribution is 6.04. The van der Waals surface area contributed by atoms with Crippen LogP contribution in [0.4, 0.5) is 5.69 Å². The van der Waals surface area contributed by atoms with Gasteiger partial charge in [0.1, 0.15) is 6.33 Å². The molecule has 4 rings (SSSR count). The van der Waals surface area contributed by atoms with Crippen molar-refractivity contribution in [1.29, 1.82) is 0 Å². The Morgan fingerprint density at radius 3 is 2.37 bits per heavy atom. The Kier molecular flexibility index (Phi) is 4.70. The van der Waals surface area contributed by atoms with Gasteiger partial charge in [-0.2, -0.15) is 0 Å². The summed E-state index contributed by atoms with van der Waals surface area (Å²) >= 11 is 0. The third-order valence-electron chi connectivity index (χ3n) is 4.25. The maximum absolute atomic E-state index is 12.7. The molecule has 4 aromatic rings. The van der Waals surface area contributed by atoms with Crippen molar-refractivity contribution < 1.29 is 4.79 Å². The topological polar surface area (TPSA) is 72.7 Å². The second-order valence-corrected chi connectivity index (χ2v) is 6.07. The average Bonchev–Trinajstić information content (AvgIpc) is 3.25. The molecule has 0 aliphatic carbocycles. The molecule has 0 aliphatic rings. The van der Waals surface area contributed by atoms with Crippen LogP contribution < -0.4 is 5.32 Å². The Balaban J connectivity index is 1.51. The minimum absolute atomic E-state index is 0.154. The molecule has 6 nitrogen and oxygen atoms in total. The monoisotopic (exact) mass is 355 g/mol. The molecule has 0 saturated heterocycles. The number of carbonyl (C=O) groups excluding carboxylic acids is 1. The van der Waals surface area contributed by atoms with E-state index in [9.17, 15) is 4.79 Å². The second kappa shape index (κ2) is 7.61. The molecule has 0 atom stereocenters. The maximum atomic E-state index is 12.7. The van der Waals surface area contributed by atoms with E-state index in [4.69, 9.17) is 0 Å². The van der Waals surface area contributed by atoms with Crippen molar-refractivity contribution in [3.63, 3.8) is 0 Å². The molecule has 0 fully saturated rings. The lowest BCUT2D eigenvalue weighted by atomic mass is 10.0. The van der Waals surface area contributed by atoms with Gasteiger partial charge in [0.25, 0.3) is 5.91 Å². The summed E-state index contributed by atoms with van der Waals surface area (Å²) in [6.45, 7) is 0. The van der Waals surface area contributed by atoms with Gasteiger partial charge in [-0.05, 0) is 58.3 Å². The fourth-order valence-corrected chi connectivity index (χ4v) is 2.85. The number of amides is 1. The van der Waals surface area contributed by atoms with E-state index in [0.29, 0.717) is 5.56 Å². The number of carbonyl (C=O) groups is 1. The molecule has 1 heterocycles. The van der Waals surface area contributed by atoms with Gasteiger partial charge in [-0.25, -0.2) is 4.68 Å². The van der Waals surface area contributed by atoms with Crippen molar-refractivity contribution in [2.24, 2.45) is 0 Å². The molecule has 27 heavy (non-hydrogen) atoms. The Hall–Kier alpha value is -3.80. The van der Waals surface area contributed by atoms with E-state index in [-0.39, 0.29) is 5.91 Å². The van der Waals surface area contributed by atoms with Crippen molar-refractivity contribution >= 4 is 11.6 Å². The second-order valence-electron chi connectivity index (χ2n) is 6.07. The van der Waals surface area contributed by atoms with Gasteiger partial charge in [0.2, 0.25) is 0 Å².